The van der Waals surface area contributed by atoms with Crippen molar-refractivity contribution in [2.75, 3.05) is 12.4 Å². The lowest BCUT2D eigenvalue weighted by Crippen LogP contribution is -2.27. The molecule has 0 unspecified atom stereocenters. The van der Waals surface area contributed by atoms with Gasteiger partial charge < -0.3 is 4.74 Å². The van der Waals surface area contributed by atoms with Gasteiger partial charge in [0, 0.05) is 13.5 Å². The van der Waals surface area contributed by atoms with Crippen molar-refractivity contribution in [1.82, 2.24) is 9.19 Å². The largest absolute Gasteiger partial charge is 0.462 e. The number of hydrogen-bond donors (Lipinski definition) is 0. The van der Waals surface area contributed by atoms with Gasteiger partial charge in [0.2, 0.25) is 0 Å². The predicted octanol–water partition coefficient (Wildman–Crippen LogP) is 2.73. The van der Waals surface area contributed by atoms with Crippen molar-refractivity contribution in [3.05, 3.63) is 30.0 Å². The van der Waals surface area contributed by atoms with E-state index in [0.29, 0.717) is 29.1 Å². The Kier molecular flexibility index (Phi) is 4.95. The average Bonchev–Trinajstić information content (AvgIpc) is 2.88. The van der Waals surface area contributed by atoms with E-state index in [0.717, 1.165) is 4.09 Å². The fourth-order valence-corrected chi connectivity index (χ4v) is 6.40. The number of aromatic nitrogens is 2. The molecule has 0 saturated carbocycles. The maximum absolute atomic E-state index is 12.5. The van der Waals surface area contributed by atoms with Crippen LogP contribution in [0, 0.1) is 0 Å². The molecule has 6 nitrogen and oxygen atoms in total. The number of hydrogen-bond acceptors (Lipinski definition) is 5. The summed E-state index contributed by atoms with van der Waals surface area (Å²) >= 11 is 0. The summed E-state index contributed by atoms with van der Waals surface area (Å²) in [6.07, 6.45) is 1.46. The molecule has 0 aliphatic carbocycles. The SMILES string of the molecule is CCOC(=O)c1ccc2c(cnn2S(=O)(=O)CC[Si](C)(C)C)c1. The molecule has 0 atom stereocenters. The van der Waals surface area contributed by atoms with Gasteiger partial charge in [-0.2, -0.15) is 9.19 Å². The lowest BCUT2D eigenvalue weighted by Gasteiger charge is -2.15. The quantitative estimate of drug-likeness (QED) is 0.589. The van der Waals surface area contributed by atoms with E-state index in [9.17, 15) is 13.2 Å². The second kappa shape index (κ2) is 6.44. The normalized spacial score (nSPS) is 12.5. The van der Waals surface area contributed by atoms with Gasteiger partial charge in [0.1, 0.15) is 0 Å². The zero-order chi connectivity index (χ0) is 17.3. The van der Waals surface area contributed by atoms with E-state index in [-0.39, 0.29) is 5.75 Å². The number of esters is 1. The van der Waals surface area contributed by atoms with E-state index in [1.165, 1.54) is 6.20 Å². The van der Waals surface area contributed by atoms with Crippen molar-refractivity contribution in [2.24, 2.45) is 0 Å². The van der Waals surface area contributed by atoms with Crippen molar-refractivity contribution < 1.29 is 17.9 Å². The first-order valence-electron chi connectivity index (χ1n) is 7.52. The van der Waals surface area contributed by atoms with Crippen LogP contribution in [-0.2, 0) is 14.8 Å². The molecule has 0 N–H and O–H groups in total. The summed E-state index contributed by atoms with van der Waals surface area (Å²) in [5.74, 6) is -0.345. The summed E-state index contributed by atoms with van der Waals surface area (Å²) in [6, 6.07) is 5.44. The number of nitrogens with zero attached hydrogens (tertiary/aromatic N) is 2. The molecule has 23 heavy (non-hydrogen) atoms. The molecule has 0 aliphatic rings. The van der Waals surface area contributed by atoms with Crippen molar-refractivity contribution in [3.8, 4) is 0 Å². The third-order valence-corrected chi connectivity index (χ3v) is 7.07. The zero-order valence-electron chi connectivity index (χ0n) is 13.9. The standard InChI is InChI=1S/C15H22N2O4SSi/c1-5-21-15(18)12-6-7-14-13(10-12)11-16-17(14)22(19,20)8-9-23(2,3)4/h6-7,10-11H,5,8-9H2,1-4H3. The fourth-order valence-electron chi connectivity index (χ4n) is 2.09. The third-order valence-electron chi connectivity index (χ3n) is 3.42. The molecule has 1 aromatic carbocycles. The monoisotopic (exact) mass is 354 g/mol. The van der Waals surface area contributed by atoms with Crippen LogP contribution in [0.15, 0.2) is 24.4 Å². The molecule has 0 aliphatic heterocycles. The van der Waals surface area contributed by atoms with Gasteiger partial charge in [0.05, 0.1) is 29.6 Å². The number of rotatable bonds is 6. The van der Waals surface area contributed by atoms with Crippen LogP contribution < -0.4 is 0 Å². The van der Waals surface area contributed by atoms with Crippen LogP contribution in [0.1, 0.15) is 17.3 Å². The topological polar surface area (TPSA) is 78.3 Å². The van der Waals surface area contributed by atoms with E-state index < -0.39 is 24.1 Å². The molecular weight excluding hydrogens is 332 g/mol. The Morgan fingerprint density at radius 3 is 2.61 bits per heavy atom. The minimum Gasteiger partial charge on any atom is -0.462 e. The summed E-state index contributed by atoms with van der Waals surface area (Å²) in [7, 11) is -4.96. The number of carbonyl (C=O) groups is 1. The summed E-state index contributed by atoms with van der Waals surface area (Å²) in [4.78, 5) is 11.7. The van der Waals surface area contributed by atoms with Crippen LogP contribution in [-0.4, -0.2) is 44.0 Å². The van der Waals surface area contributed by atoms with Crippen LogP contribution in [0.5, 0.6) is 0 Å². The van der Waals surface area contributed by atoms with Crippen molar-refractivity contribution in [1.29, 1.82) is 0 Å². The van der Waals surface area contributed by atoms with Gasteiger partial charge in [-0.05, 0) is 31.2 Å². The van der Waals surface area contributed by atoms with Crippen LogP contribution in [0.25, 0.3) is 10.9 Å². The molecule has 0 amide bonds. The first-order valence-corrected chi connectivity index (χ1v) is 12.8. The Morgan fingerprint density at radius 1 is 1.30 bits per heavy atom. The van der Waals surface area contributed by atoms with E-state index in [2.05, 4.69) is 24.7 Å². The molecule has 8 heteroatoms. The highest BCUT2D eigenvalue weighted by atomic mass is 32.2. The first-order chi connectivity index (χ1) is 10.6. The van der Waals surface area contributed by atoms with Gasteiger partial charge in [0.25, 0.3) is 10.0 Å². The van der Waals surface area contributed by atoms with Gasteiger partial charge >= 0.3 is 5.97 Å². The average molecular weight is 355 g/mol. The highest BCUT2D eigenvalue weighted by molar-refractivity contribution is 7.90. The Hall–Kier alpha value is -1.67. The third kappa shape index (κ3) is 4.20. The fraction of sp³-hybridized carbons (Fsp3) is 0.467. The minimum atomic E-state index is -3.50. The lowest BCUT2D eigenvalue weighted by molar-refractivity contribution is 0.0526. The molecule has 0 fully saturated rings. The molecule has 0 saturated heterocycles. The minimum absolute atomic E-state index is 0.0825. The Labute approximate surface area is 137 Å². The second-order valence-electron chi connectivity index (χ2n) is 6.61. The van der Waals surface area contributed by atoms with Crippen LogP contribution in [0.3, 0.4) is 0 Å². The molecule has 1 aromatic heterocycles. The predicted molar refractivity (Wildman–Crippen MR) is 93.0 cm³/mol. The van der Waals surface area contributed by atoms with Gasteiger partial charge in [-0.1, -0.05) is 19.6 Å². The lowest BCUT2D eigenvalue weighted by atomic mass is 10.2. The number of carbonyl (C=O) groups excluding carboxylic acids is 1. The summed E-state index contributed by atoms with van der Waals surface area (Å²) in [5.41, 5.74) is 0.868. The molecule has 0 bridgehead atoms. The maximum Gasteiger partial charge on any atom is 0.338 e. The van der Waals surface area contributed by atoms with E-state index >= 15 is 0 Å². The number of fused-ring (bicyclic) bond motifs is 1. The van der Waals surface area contributed by atoms with E-state index in [4.69, 9.17) is 4.74 Å². The Morgan fingerprint density at radius 2 is 2.00 bits per heavy atom. The number of benzene rings is 1. The highest BCUT2D eigenvalue weighted by Crippen LogP contribution is 2.20. The first kappa shape index (κ1) is 17.7. The molecule has 2 rings (SSSR count). The maximum atomic E-state index is 12.5. The number of ether oxygens (including phenoxy) is 1. The van der Waals surface area contributed by atoms with Crippen molar-refractivity contribution >= 4 is 35.0 Å². The van der Waals surface area contributed by atoms with E-state index in [1.807, 2.05) is 0 Å². The van der Waals surface area contributed by atoms with Crippen LogP contribution in [0.2, 0.25) is 25.7 Å². The van der Waals surface area contributed by atoms with Crippen LogP contribution >= 0.6 is 0 Å². The smallest absolute Gasteiger partial charge is 0.338 e. The summed E-state index contributed by atoms with van der Waals surface area (Å²) in [5, 5.41) is 4.61. The van der Waals surface area contributed by atoms with Gasteiger partial charge in [-0.15, -0.1) is 0 Å². The molecule has 1 heterocycles. The zero-order valence-corrected chi connectivity index (χ0v) is 15.7. The summed E-state index contributed by atoms with van der Waals surface area (Å²) < 4.78 is 31.0. The molecule has 0 radical (unpaired) electrons. The van der Waals surface area contributed by atoms with Gasteiger partial charge in [-0.25, -0.2) is 13.2 Å². The van der Waals surface area contributed by atoms with Crippen molar-refractivity contribution in [3.63, 3.8) is 0 Å². The second-order valence-corrected chi connectivity index (χ2v) is 14.1. The molecule has 2 aromatic rings. The Bertz CT molecular complexity index is 822. The summed E-state index contributed by atoms with van der Waals surface area (Å²) in [6.45, 7) is 8.43. The Balaban J connectivity index is 2.35. The van der Waals surface area contributed by atoms with Gasteiger partial charge in [-0.3, -0.25) is 0 Å². The molecular formula is C15H22N2O4SSi. The van der Waals surface area contributed by atoms with Gasteiger partial charge in [0.15, 0.2) is 0 Å². The molecule has 126 valence electrons. The molecule has 0 spiro atoms. The van der Waals surface area contributed by atoms with Crippen LogP contribution in [0.4, 0.5) is 0 Å². The highest BCUT2D eigenvalue weighted by Gasteiger charge is 2.22. The van der Waals surface area contributed by atoms with E-state index in [1.54, 1.807) is 25.1 Å². The van der Waals surface area contributed by atoms with Crippen molar-refractivity contribution in [2.45, 2.75) is 32.6 Å².